The van der Waals surface area contributed by atoms with Crippen molar-refractivity contribution in [3.05, 3.63) is 35.4 Å². The van der Waals surface area contributed by atoms with Crippen molar-refractivity contribution < 1.29 is 18.7 Å². The van der Waals surface area contributed by atoms with Crippen LogP contribution >= 0.6 is 0 Å². The van der Waals surface area contributed by atoms with E-state index in [-0.39, 0.29) is 12.5 Å². The zero-order valence-corrected chi connectivity index (χ0v) is 9.83. The highest BCUT2D eigenvalue weighted by atomic mass is 19.2. The van der Waals surface area contributed by atoms with Gasteiger partial charge in [0.25, 0.3) is 0 Å². The summed E-state index contributed by atoms with van der Waals surface area (Å²) in [6.07, 6.45) is 2.47. The molecule has 0 spiro atoms. The van der Waals surface area contributed by atoms with E-state index in [9.17, 15) is 13.6 Å². The first kappa shape index (κ1) is 13.0. The van der Waals surface area contributed by atoms with Crippen molar-refractivity contribution in [2.45, 2.75) is 37.8 Å². The zero-order chi connectivity index (χ0) is 13.1. The minimum absolute atomic E-state index is 0.0184. The maximum atomic E-state index is 13.1. The molecule has 1 aromatic rings. The van der Waals surface area contributed by atoms with E-state index < -0.39 is 17.6 Å². The van der Waals surface area contributed by atoms with Crippen LogP contribution in [0, 0.1) is 11.6 Å². The number of carboxylic acid groups (broad SMARTS) is 1. The van der Waals surface area contributed by atoms with Crippen molar-refractivity contribution >= 4 is 5.97 Å². The van der Waals surface area contributed by atoms with E-state index in [0.29, 0.717) is 18.0 Å². The lowest BCUT2D eigenvalue weighted by Gasteiger charge is -2.16. The lowest BCUT2D eigenvalue weighted by Crippen LogP contribution is -2.35. The number of carbonyl (C=O) groups is 1. The number of aliphatic carboxylic acids is 1. The molecular formula is C13H15F2NO2. The number of rotatable bonds is 6. The molecule has 1 atom stereocenters. The summed E-state index contributed by atoms with van der Waals surface area (Å²) >= 11 is 0. The first-order chi connectivity index (χ1) is 8.54. The number of hydrogen-bond acceptors (Lipinski definition) is 2. The SMILES string of the molecule is O=C(O)CC(Cc1ccc(F)c(F)c1)NC1CC1. The fourth-order valence-electron chi connectivity index (χ4n) is 1.94. The van der Waals surface area contributed by atoms with Gasteiger partial charge < -0.3 is 10.4 Å². The largest absolute Gasteiger partial charge is 0.481 e. The Balaban J connectivity index is 2.01. The van der Waals surface area contributed by atoms with Crippen molar-refractivity contribution in [3.63, 3.8) is 0 Å². The Bertz CT molecular complexity index is 447. The second-order valence-corrected chi connectivity index (χ2v) is 4.69. The van der Waals surface area contributed by atoms with Crippen molar-refractivity contribution in [2.24, 2.45) is 0 Å². The minimum Gasteiger partial charge on any atom is -0.481 e. The van der Waals surface area contributed by atoms with Crippen molar-refractivity contribution in [2.75, 3.05) is 0 Å². The van der Waals surface area contributed by atoms with Gasteiger partial charge in [-0.1, -0.05) is 6.07 Å². The Morgan fingerprint density at radius 1 is 1.39 bits per heavy atom. The van der Waals surface area contributed by atoms with Gasteiger partial charge in [-0.05, 0) is 37.0 Å². The monoisotopic (exact) mass is 255 g/mol. The van der Waals surface area contributed by atoms with Gasteiger partial charge in [-0.3, -0.25) is 4.79 Å². The van der Waals surface area contributed by atoms with Gasteiger partial charge in [-0.25, -0.2) is 8.78 Å². The average molecular weight is 255 g/mol. The summed E-state index contributed by atoms with van der Waals surface area (Å²) in [5.74, 6) is -2.67. The van der Waals surface area contributed by atoms with Crippen LogP contribution in [0.3, 0.4) is 0 Å². The van der Waals surface area contributed by atoms with Crippen LogP contribution in [0.15, 0.2) is 18.2 Å². The molecule has 0 amide bonds. The molecule has 1 aliphatic rings. The van der Waals surface area contributed by atoms with Crippen LogP contribution in [0.4, 0.5) is 8.78 Å². The molecular weight excluding hydrogens is 240 g/mol. The molecule has 1 unspecified atom stereocenters. The third-order valence-corrected chi connectivity index (χ3v) is 2.94. The van der Waals surface area contributed by atoms with Crippen LogP contribution in [0.1, 0.15) is 24.8 Å². The summed E-state index contributed by atoms with van der Waals surface area (Å²) in [6.45, 7) is 0. The van der Waals surface area contributed by atoms with E-state index in [0.717, 1.165) is 25.0 Å². The van der Waals surface area contributed by atoms with Gasteiger partial charge in [0.2, 0.25) is 0 Å². The van der Waals surface area contributed by atoms with Crippen LogP contribution in [-0.4, -0.2) is 23.2 Å². The maximum Gasteiger partial charge on any atom is 0.304 e. The summed E-state index contributed by atoms with van der Waals surface area (Å²) in [6, 6.07) is 3.82. The fourth-order valence-corrected chi connectivity index (χ4v) is 1.94. The van der Waals surface area contributed by atoms with Crippen LogP contribution in [0.2, 0.25) is 0 Å². The van der Waals surface area contributed by atoms with Crippen molar-refractivity contribution in [1.29, 1.82) is 0 Å². The summed E-state index contributed by atoms with van der Waals surface area (Å²) in [7, 11) is 0. The molecule has 5 heteroatoms. The highest BCUT2D eigenvalue weighted by molar-refractivity contribution is 5.67. The molecule has 1 aliphatic carbocycles. The molecule has 0 saturated heterocycles. The van der Waals surface area contributed by atoms with Crippen LogP contribution in [0.25, 0.3) is 0 Å². The topological polar surface area (TPSA) is 49.3 Å². The average Bonchev–Trinajstić information content (AvgIpc) is 3.06. The Labute approximate surface area is 104 Å². The first-order valence-corrected chi connectivity index (χ1v) is 5.96. The molecule has 3 nitrogen and oxygen atoms in total. The third-order valence-electron chi connectivity index (χ3n) is 2.94. The standard InChI is InChI=1S/C13H15F2NO2/c14-11-4-1-8(6-12(11)15)5-10(7-13(17)18)16-9-2-3-9/h1,4,6,9-10,16H,2-3,5,7H2,(H,17,18). The van der Waals surface area contributed by atoms with E-state index >= 15 is 0 Å². The molecule has 98 valence electrons. The highest BCUT2D eigenvalue weighted by Crippen LogP contribution is 2.21. The van der Waals surface area contributed by atoms with Gasteiger partial charge in [-0.15, -0.1) is 0 Å². The third kappa shape index (κ3) is 3.77. The van der Waals surface area contributed by atoms with Gasteiger partial charge in [0, 0.05) is 12.1 Å². The molecule has 0 aromatic heterocycles. The Morgan fingerprint density at radius 3 is 2.67 bits per heavy atom. The van der Waals surface area contributed by atoms with E-state index in [4.69, 9.17) is 5.11 Å². The fraction of sp³-hybridized carbons (Fsp3) is 0.462. The number of nitrogens with one attached hydrogen (secondary N) is 1. The molecule has 0 heterocycles. The van der Waals surface area contributed by atoms with Crippen molar-refractivity contribution in [1.82, 2.24) is 5.32 Å². The number of halogens is 2. The minimum atomic E-state index is -0.895. The van der Waals surface area contributed by atoms with E-state index in [1.165, 1.54) is 6.07 Å². The predicted molar refractivity (Wildman–Crippen MR) is 62.3 cm³/mol. The molecule has 0 bridgehead atoms. The quantitative estimate of drug-likeness (QED) is 0.818. The number of benzene rings is 1. The number of carboxylic acids is 1. The molecule has 18 heavy (non-hydrogen) atoms. The number of hydrogen-bond donors (Lipinski definition) is 2. The lowest BCUT2D eigenvalue weighted by atomic mass is 10.0. The molecule has 1 fully saturated rings. The maximum absolute atomic E-state index is 13.1. The summed E-state index contributed by atoms with van der Waals surface area (Å²) < 4.78 is 25.8. The van der Waals surface area contributed by atoms with Crippen LogP contribution < -0.4 is 5.32 Å². The summed E-state index contributed by atoms with van der Waals surface area (Å²) in [5.41, 5.74) is 0.605. The van der Waals surface area contributed by atoms with Crippen LogP contribution in [0.5, 0.6) is 0 Å². The summed E-state index contributed by atoms with van der Waals surface area (Å²) in [4.78, 5) is 10.7. The van der Waals surface area contributed by atoms with E-state index in [2.05, 4.69) is 5.32 Å². The van der Waals surface area contributed by atoms with Gasteiger partial charge in [0.15, 0.2) is 11.6 Å². The van der Waals surface area contributed by atoms with Gasteiger partial charge in [0.1, 0.15) is 0 Å². The lowest BCUT2D eigenvalue weighted by molar-refractivity contribution is -0.137. The predicted octanol–water partition coefficient (Wildman–Crippen LogP) is 2.10. The second kappa shape index (κ2) is 5.44. The van der Waals surface area contributed by atoms with E-state index in [1.54, 1.807) is 0 Å². The first-order valence-electron chi connectivity index (χ1n) is 5.96. The smallest absolute Gasteiger partial charge is 0.304 e. The van der Waals surface area contributed by atoms with Crippen molar-refractivity contribution in [3.8, 4) is 0 Å². The highest BCUT2D eigenvalue weighted by Gasteiger charge is 2.26. The molecule has 0 aliphatic heterocycles. The Hall–Kier alpha value is -1.49. The van der Waals surface area contributed by atoms with E-state index in [1.807, 2.05) is 0 Å². The summed E-state index contributed by atoms with van der Waals surface area (Å²) in [5, 5.41) is 12.0. The molecule has 0 radical (unpaired) electrons. The molecule has 2 N–H and O–H groups in total. The Morgan fingerprint density at radius 2 is 2.11 bits per heavy atom. The van der Waals surface area contributed by atoms with Gasteiger partial charge in [0.05, 0.1) is 6.42 Å². The Kier molecular flexibility index (Phi) is 3.91. The molecule has 1 aromatic carbocycles. The van der Waals surface area contributed by atoms with Crippen LogP contribution in [-0.2, 0) is 11.2 Å². The second-order valence-electron chi connectivity index (χ2n) is 4.69. The molecule has 2 rings (SSSR count). The normalized spacial score (nSPS) is 16.6. The zero-order valence-electron chi connectivity index (χ0n) is 9.83. The van der Waals surface area contributed by atoms with Gasteiger partial charge in [-0.2, -0.15) is 0 Å². The van der Waals surface area contributed by atoms with Gasteiger partial charge >= 0.3 is 5.97 Å². The molecule has 1 saturated carbocycles.